The number of nitrogens with one attached hydrogen (secondary N) is 1. The molecule has 2 N–H and O–H groups in total. The summed E-state index contributed by atoms with van der Waals surface area (Å²) in [7, 11) is 3.27. The molecule has 1 aliphatic heterocycles. The maximum Gasteiger partial charge on any atom is 0.407 e. The number of unbranched alkanes of at least 4 members (excludes halogenated alkanes) is 2. The summed E-state index contributed by atoms with van der Waals surface area (Å²) in [5.41, 5.74) is 3.72. The first-order valence-electron chi connectivity index (χ1n) is 16.9. The third-order valence-corrected chi connectivity index (χ3v) is 8.79. The molecule has 0 bridgehead atoms. The van der Waals surface area contributed by atoms with E-state index in [2.05, 4.69) is 5.32 Å². The van der Waals surface area contributed by atoms with Gasteiger partial charge in [-0.3, -0.25) is 4.79 Å². The SMILES string of the molecule is COc1ccc(C(OC(c2ccccc2)C2CC(O)CN2C(=O)CCCCCNC(=O)OCc2ccccc2)c2ccc(OC)cc2)cc1. The lowest BCUT2D eigenvalue weighted by atomic mass is 9.96. The van der Waals surface area contributed by atoms with Gasteiger partial charge in [-0.15, -0.1) is 0 Å². The zero-order chi connectivity index (χ0) is 34.4. The van der Waals surface area contributed by atoms with Gasteiger partial charge in [0.05, 0.1) is 26.4 Å². The Balaban J connectivity index is 1.24. The highest BCUT2D eigenvalue weighted by Crippen LogP contribution is 2.40. The van der Waals surface area contributed by atoms with Crippen LogP contribution in [-0.2, 0) is 20.9 Å². The molecule has 4 aromatic carbocycles. The third kappa shape index (κ3) is 10.1. The number of carbonyl (C=O) groups is 2. The number of nitrogens with zero attached hydrogens (tertiary/aromatic N) is 1. The molecule has 0 aromatic heterocycles. The van der Waals surface area contributed by atoms with Crippen molar-refractivity contribution in [2.24, 2.45) is 0 Å². The number of aliphatic hydroxyl groups excluding tert-OH is 1. The van der Waals surface area contributed by atoms with E-state index in [9.17, 15) is 14.7 Å². The molecule has 3 atom stereocenters. The van der Waals surface area contributed by atoms with Gasteiger partial charge in [0.25, 0.3) is 0 Å². The van der Waals surface area contributed by atoms with Crippen LogP contribution in [-0.4, -0.2) is 61.5 Å². The summed E-state index contributed by atoms with van der Waals surface area (Å²) >= 11 is 0. The van der Waals surface area contributed by atoms with E-state index in [0.29, 0.717) is 25.8 Å². The number of carbonyl (C=O) groups excluding carboxylic acids is 2. The highest BCUT2D eigenvalue weighted by molar-refractivity contribution is 5.77. The molecule has 2 amide bonds. The number of methoxy groups -OCH3 is 2. The van der Waals surface area contributed by atoms with Gasteiger partial charge < -0.3 is 34.3 Å². The molecule has 0 radical (unpaired) electrons. The number of benzene rings is 4. The Labute approximate surface area is 288 Å². The fraction of sp³-hybridized carbons (Fsp3) is 0.350. The van der Waals surface area contributed by atoms with Crippen LogP contribution in [0, 0.1) is 0 Å². The predicted octanol–water partition coefficient (Wildman–Crippen LogP) is 7.00. The second-order valence-corrected chi connectivity index (χ2v) is 12.2. The molecule has 4 aromatic rings. The minimum absolute atomic E-state index is 0.0215. The number of hydrogen-bond acceptors (Lipinski definition) is 7. The lowest BCUT2D eigenvalue weighted by Gasteiger charge is -2.35. The van der Waals surface area contributed by atoms with E-state index in [1.165, 1.54) is 0 Å². The second kappa shape index (κ2) is 18.1. The first kappa shape index (κ1) is 35.4. The van der Waals surface area contributed by atoms with Crippen molar-refractivity contribution in [3.8, 4) is 11.5 Å². The molecule has 3 unspecified atom stereocenters. The van der Waals surface area contributed by atoms with Crippen molar-refractivity contribution < 1.29 is 33.6 Å². The van der Waals surface area contributed by atoms with Crippen LogP contribution in [0.25, 0.3) is 0 Å². The average molecular weight is 667 g/mol. The molecule has 1 heterocycles. The van der Waals surface area contributed by atoms with Gasteiger partial charge in [0.2, 0.25) is 5.91 Å². The molecule has 5 rings (SSSR count). The normalized spacial score (nSPS) is 16.3. The summed E-state index contributed by atoms with van der Waals surface area (Å²) in [6.07, 6.45) is 0.796. The van der Waals surface area contributed by atoms with Crippen molar-refractivity contribution in [2.45, 2.75) is 63.1 Å². The first-order chi connectivity index (χ1) is 23.9. The predicted molar refractivity (Wildman–Crippen MR) is 187 cm³/mol. The number of hydrogen-bond donors (Lipinski definition) is 2. The molecular formula is C40H46N2O7. The van der Waals surface area contributed by atoms with E-state index >= 15 is 0 Å². The monoisotopic (exact) mass is 666 g/mol. The molecule has 0 spiro atoms. The standard InChI is InChI=1S/C40H46N2O7/c1-46-34-21-17-31(18-22-34)38(32-19-23-35(47-2)24-20-32)49-39(30-14-8-4-9-15-30)36-26-33(43)27-42(36)37(44)16-10-5-11-25-41-40(45)48-28-29-12-6-3-7-13-29/h3-4,6-9,12-15,17-24,33,36,38-39,43H,5,10-11,16,25-28H2,1-2H3,(H,41,45). The topological polar surface area (TPSA) is 107 Å². The number of aliphatic hydroxyl groups is 1. The summed E-state index contributed by atoms with van der Waals surface area (Å²) in [4.78, 5) is 27.6. The average Bonchev–Trinajstić information content (AvgIpc) is 3.54. The van der Waals surface area contributed by atoms with Gasteiger partial charge in [-0.05, 0) is 65.8 Å². The summed E-state index contributed by atoms with van der Waals surface area (Å²) in [6, 6.07) is 34.6. The maximum absolute atomic E-state index is 13.7. The van der Waals surface area contributed by atoms with E-state index in [0.717, 1.165) is 46.6 Å². The second-order valence-electron chi connectivity index (χ2n) is 12.2. The number of rotatable bonds is 16. The zero-order valence-corrected chi connectivity index (χ0v) is 28.2. The fourth-order valence-corrected chi connectivity index (χ4v) is 6.19. The maximum atomic E-state index is 13.7. The lowest BCUT2D eigenvalue weighted by molar-refractivity contribution is -0.136. The van der Waals surface area contributed by atoms with Crippen LogP contribution < -0.4 is 14.8 Å². The minimum atomic E-state index is -0.657. The molecule has 0 saturated carbocycles. The third-order valence-electron chi connectivity index (χ3n) is 8.79. The fourth-order valence-electron chi connectivity index (χ4n) is 6.19. The van der Waals surface area contributed by atoms with Crippen LogP contribution in [0.15, 0.2) is 109 Å². The van der Waals surface area contributed by atoms with Crippen molar-refractivity contribution in [3.63, 3.8) is 0 Å². The van der Waals surface area contributed by atoms with E-state index in [-0.39, 0.29) is 25.1 Å². The number of ether oxygens (including phenoxy) is 4. The van der Waals surface area contributed by atoms with E-state index in [1.54, 1.807) is 19.1 Å². The molecule has 1 saturated heterocycles. The van der Waals surface area contributed by atoms with Gasteiger partial charge in [-0.2, -0.15) is 0 Å². The van der Waals surface area contributed by atoms with Gasteiger partial charge in [-0.1, -0.05) is 91.3 Å². The molecule has 9 nitrogen and oxygen atoms in total. The van der Waals surface area contributed by atoms with Crippen molar-refractivity contribution >= 4 is 12.0 Å². The summed E-state index contributed by atoms with van der Waals surface area (Å²) in [6.45, 7) is 0.939. The zero-order valence-electron chi connectivity index (χ0n) is 28.2. The van der Waals surface area contributed by atoms with Gasteiger partial charge in [0.1, 0.15) is 30.3 Å². The van der Waals surface area contributed by atoms with Gasteiger partial charge in [-0.25, -0.2) is 4.79 Å². The molecule has 1 aliphatic rings. The van der Waals surface area contributed by atoms with Gasteiger partial charge in [0, 0.05) is 19.5 Å². The molecule has 1 fully saturated rings. The Morgan fingerprint density at radius 1 is 0.776 bits per heavy atom. The van der Waals surface area contributed by atoms with Crippen LogP contribution in [0.4, 0.5) is 4.79 Å². The number of alkyl carbamates (subject to hydrolysis) is 1. The Hall–Kier alpha value is -4.86. The highest BCUT2D eigenvalue weighted by atomic mass is 16.5. The Bertz CT molecular complexity index is 1540. The molecule has 258 valence electrons. The molecule has 0 aliphatic carbocycles. The van der Waals surface area contributed by atoms with E-state index < -0.39 is 24.4 Å². The molecule has 9 heteroatoms. The highest BCUT2D eigenvalue weighted by Gasteiger charge is 2.41. The van der Waals surface area contributed by atoms with Gasteiger partial charge >= 0.3 is 6.09 Å². The van der Waals surface area contributed by atoms with Crippen LogP contribution in [0.2, 0.25) is 0 Å². The number of β-amino-alcohol motifs (C(OH)–C–C–N with tert-alkyl or cyclic N) is 1. The summed E-state index contributed by atoms with van der Waals surface area (Å²) in [5.74, 6) is 1.46. The quantitative estimate of drug-likeness (QED) is 0.124. The Kier molecular flexibility index (Phi) is 13.1. The van der Waals surface area contributed by atoms with Crippen molar-refractivity contribution in [1.29, 1.82) is 0 Å². The lowest BCUT2D eigenvalue weighted by Crippen LogP contribution is -2.40. The van der Waals surface area contributed by atoms with Crippen LogP contribution in [0.1, 0.15) is 66.6 Å². The van der Waals surface area contributed by atoms with Crippen molar-refractivity contribution in [2.75, 3.05) is 27.3 Å². The van der Waals surface area contributed by atoms with Crippen LogP contribution >= 0.6 is 0 Å². The first-order valence-corrected chi connectivity index (χ1v) is 16.9. The Morgan fingerprint density at radius 2 is 1.37 bits per heavy atom. The smallest absolute Gasteiger partial charge is 0.407 e. The number of amides is 2. The van der Waals surface area contributed by atoms with E-state index in [1.807, 2.05) is 109 Å². The van der Waals surface area contributed by atoms with Crippen molar-refractivity contribution in [3.05, 3.63) is 131 Å². The minimum Gasteiger partial charge on any atom is -0.497 e. The molecular weight excluding hydrogens is 620 g/mol. The Morgan fingerprint density at radius 3 is 1.96 bits per heavy atom. The number of likely N-dealkylation sites (tertiary alicyclic amines) is 1. The van der Waals surface area contributed by atoms with Crippen LogP contribution in [0.5, 0.6) is 11.5 Å². The van der Waals surface area contributed by atoms with E-state index in [4.69, 9.17) is 18.9 Å². The van der Waals surface area contributed by atoms with Crippen molar-refractivity contribution in [1.82, 2.24) is 10.2 Å². The molecule has 49 heavy (non-hydrogen) atoms. The summed E-state index contributed by atoms with van der Waals surface area (Å²) in [5, 5.41) is 13.7. The largest absolute Gasteiger partial charge is 0.497 e. The van der Waals surface area contributed by atoms with Gasteiger partial charge in [0.15, 0.2) is 0 Å². The van der Waals surface area contributed by atoms with Crippen LogP contribution in [0.3, 0.4) is 0 Å². The summed E-state index contributed by atoms with van der Waals surface area (Å²) < 4.78 is 23.1.